The van der Waals surface area contributed by atoms with Crippen molar-refractivity contribution in [3.63, 3.8) is 0 Å². The van der Waals surface area contributed by atoms with E-state index >= 15 is 0 Å². The molecule has 0 unspecified atom stereocenters. The number of rotatable bonds is 5. The van der Waals surface area contributed by atoms with Crippen molar-refractivity contribution in [2.75, 3.05) is 0 Å². The van der Waals surface area contributed by atoms with Crippen molar-refractivity contribution in [1.29, 1.82) is 0 Å². The van der Waals surface area contributed by atoms with Crippen molar-refractivity contribution >= 4 is 0 Å². The lowest BCUT2D eigenvalue weighted by molar-refractivity contribution is 0.603. The lowest BCUT2D eigenvalue weighted by Crippen LogP contribution is -2.13. The molecule has 112 valence electrons. The van der Waals surface area contributed by atoms with Crippen molar-refractivity contribution in [1.82, 2.24) is 20.1 Å². The standard InChI is InChI=1S/C16H14F2N4/c17-14-4-1-12(2-5-14)8-19-9-13-3-6-16(15(18)7-13)22-11-20-10-21-22/h1-7,10-11,19H,8-9H2. The Labute approximate surface area is 126 Å². The topological polar surface area (TPSA) is 42.7 Å². The van der Waals surface area contributed by atoms with Crippen molar-refractivity contribution < 1.29 is 8.78 Å². The van der Waals surface area contributed by atoms with E-state index in [-0.39, 0.29) is 11.6 Å². The molecule has 0 fully saturated rings. The number of nitrogens with zero attached hydrogens (tertiary/aromatic N) is 3. The maximum atomic E-state index is 14.0. The first-order chi connectivity index (χ1) is 10.7. The average Bonchev–Trinajstić information content (AvgIpc) is 3.03. The first kappa shape index (κ1) is 14.3. The summed E-state index contributed by atoms with van der Waals surface area (Å²) in [5.74, 6) is -0.610. The van der Waals surface area contributed by atoms with Crippen LogP contribution in [-0.4, -0.2) is 14.8 Å². The molecule has 0 saturated heterocycles. The fourth-order valence-electron chi connectivity index (χ4n) is 2.13. The molecule has 3 aromatic rings. The minimum Gasteiger partial charge on any atom is -0.309 e. The molecule has 0 aliphatic rings. The van der Waals surface area contributed by atoms with Crippen LogP contribution in [0.1, 0.15) is 11.1 Å². The SMILES string of the molecule is Fc1ccc(CNCc2ccc(-n3cncn3)c(F)c2)cc1. The van der Waals surface area contributed by atoms with Gasteiger partial charge in [-0.15, -0.1) is 0 Å². The summed E-state index contributed by atoms with van der Waals surface area (Å²) >= 11 is 0. The van der Waals surface area contributed by atoms with Gasteiger partial charge in [0.15, 0.2) is 0 Å². The number of benzene rings is 2. The highest BCUT2D eigenvalue weighted by Crippen LogP contribution is 2.14. The number of hydrogen-bond acceptors (Lipinski definition) is 3. The third kappa shape index (κ3) is 3.35. The Kier molecular flexibility index (Phi) is 4.20. The van der Waals surface area contributed by atoms with Gasteiger partial charge in [-0.1, -0.05) is 18.2 Å². The van der Waals surface area contributed by atoms with Crippen LogP contribution in [0.2, 0.25) is 0 Å². The molecule has 1 aromatic heterocycles. The molecule has 0 radical (unpaired) electrons. The normalized spacial score (nSPS) is 10.8. The van der Waals surface area contributed by atoms with E-state index < -0.39 is 0 Å². The maximum Gasteiger partial charge on any atom is 0.149 e. The fraction of sp³-hybridized carbons (Fsp3) is 0.125. The molecule has 0 bridgehead atoms. The third-order valence-corrected chi connectivity index (χ3v) is 3.25. The van der Waals surface area contributed by atoms with Crippen LogP contribution in [0, 0.1) is 11.6 Å². The minimum absolute atomic E-state index is 0.255. The Hall–Kier alpha value is -2.60. The second kappa shape index (κ2) is 6.44. The van der Waals surface area contributed by atoms with Gasteiger partial charge in [0.05, 0.1) is 0 Å². The molecule has 3 rings (SSSR count). The van der Waals surface area contributed by atoms with Crippen molar-refractivity contribution in [2.24, 2.45) is 0 Å². The van der Waals surface area contributed by atoms with Crippen molar-refractivity contribution in [3.8, 4) is 5.69 Å². The second-order valence-corrected chi connectivity index (χ2v) is 4.86. The Morgan fingerprint density at radius 3 is 2.36 bits per heavy atom. The second-order valence-electron chi connectivity index (χ2n) is 4.86. The molecule has 0 spiro atoms. The van der Waals surface area contributed by atoms with E-state index in [9.17, 15) is 8.78 Å². The van der Waals surface area contributed by atoms with E-state index in [0.717, 1.165) is 11.1 Å². The summed E-state index contributed by atoms with van der Waals surface area (Å²) in [5, 5.41) is 7.10. The van der Waals surface area contributed by atoms with Gasteiger partial charge in [0, 0.05) is 13.1 Å². The van der Waals surface area contributed by atoms with Crippen LogP contribution in [0.3, 0.4) is 0 Å². The van der Waals surface area contributed by atoms with Gasteiger partial charge in [0.25, 0.3) is 0 Å². The highest BCUT2D eigenvalue weighted by Gasteiger charge is 2.06. The zero-order valence-corrected chi connectivity index (χ0v) is 11.7. The van der Waals surface area contributed by atoms with Crippen molar-refractivity contribution in [2.45, 2.75) is 13.1 Å². The summed E-state index contributed by atoms with van der Waals surface area (Å²) in [5.41, 5.74) is 2.16. The molecule has 2 aromatic carbocycles. The quantitative estimate of drug-likeness (QED) is 0.788. The Bertz CT molecular complexity index is 739. The first-order valence-corrected chi connectivity index (χ1v) is 6.81. The van der Waals surface area contributed by atoms with Crippen LogP contribution < -0.4 is 5.32 Å². The smallest absolute Gasteiger partial charge is 0.149 e. The molecule has 4 nitrogen and oxygen atoms in total. The molecule has 1 N–H and O–H groups in total. The monoisotopic (exact) mass is 300 g/mol. The average molecular weight is 300 g/mol. The highest BCUT2D eigenvalue weighted by atomic mass is 19.1. The van der Waals surface area contributed by atoms with E-state index in [4.69, 9.17) is 0 Å². The number of hydrogen-bond donors (Lipinski definition) is 1. The lowest BCUT2D eigenvalue weighted by Gasteiger charge is -2.08. The molecule has 22 heavy (non-hydrogen) atoms. The Balaban J connectivity index is 1.61. The van der Waals surface area contributed by atoms with E-state index in [1.807, 2.05) is 6.07 Å². The van der Waals surface area contributed by atoms with Gasteiger partial charge >= 0.3 is 0 Å². The zero-order chi connectivity index (χ0) is 15.4. The maximum absolute atomic E-state index is 14.0. The molecule has 0 aliphatic carbocycles. The lowest BCUT2D eigenvalue weighted by atomic mass is 10.2. The molecule has 0 saturated carbocycles. The summed E-state index contributed by atoms with van der Waals surface area (Å²) in [6.07, 6.45) is 2.81. The summed E-state index contributed by atoms with van der Waals surface area (Å²) in [6.45, 7) is 1.11. The van der Waals surface area contributed by atoms with Gasteiger partial charge in [0.1, 0.15) is 30.0 Å². The largest absolute Gasteiger partial charge is 0.309 e. The summed E-state index contributed by atoms with van der Waals surface area (Å²) < 4.78 is 28.2. The van der Waals surface area contributed by atoms with Crippen LogP contribution in [0.25, 0.3) is 5.69 Å². The number of aromatic nitrogens is 3. The van der Waals surface area contributed by atoms with Gasteiger partial charge in [-0.05, 0) is 35.4 Å². The molecule has 6 heteroatoms. The highest BCUT2D eigenvalue weighted by molar-refractivity contribution is 5.35. The minimum atomic E-state index is -0.355. The molecule has 0 atom stereocenters. The summed E-state index contributed by atoms with van der Waals surface area (Å²) in [7, 11) is 0. The zero-order valence-electron chi connectivity index (χ0n) is 11.7. The predicted molar refractivity (Wildman–Crippen MR) is 78.3 cm³/mol. The van der Waals surface area contributed by atoms with Gasteiger partial charge < -0.3 is 5.32 Å². The van der Waals surface area contributed by atoms with Crippen LogP contribution in [-0.2, 0) is 13.1 Å². The van der Waals surface area contributed by atoms with E-state index in [1.165, 1.54) is 35.5 Å². The van der Waals surface area contributed by atoms with E-state index in [2.05, 4.69) is 15.4 Å². The molecule has 0 aliphatic heterocycles. The molecular weight excluding hydrogens is 286 g/mol. The van der Waals surface area contributed by atoms with Crippen molar-refractivity contribution in [3.05, 3.63) is 77.9 Å². The van der Waals surface area contributed by atoms with Gasteiger partial charge in [-0.25, -0.2) is 18.4 Å². The summed E-state index contributed by atoms with van der Waals surface area (Å²) in [4.78, 5) is 3.80. The number of halogens is 2. The predicted octanol–water partition coefficient (Wildman–Crippen LogP) is 2.84. The summed E-state index contributed by atoms with van der Waals surface area (Å²) in [6, 6.07) is 11.2. The first-order valence-electron chi connectivity index (χ1n) is 6.81. The van der Waals surface area contributed by atoms with Gasteiger partial charge in [0.2, 0.25) is 0 Å². The van der Waals surface area contributed by atoms with E-state index in [1.54, 1.807) is 18.2 Å². The van der Waals surface area contributed by atoms with Crippen LogP contribution in [0.15, 0.2) is 55.1 Å². The molecular formula is C16H14F2N4. The van der Waals surface area contributed by atoms with Crippen LogP contribution >= 0.6 is 0 Å². The van der Waals surface area contributed by atoms with Crippen LogP contribution in [0.4, 0.5) is 8.78 Å². The number of nitrogens with one attached hydrogen (secondary N) is 1. The van der Waals surface area contributed by atoms with E-state index in [0.29, 0.717) is 18.8 Å². The Morgan fingerprint density at radius 2 is 1.68 bits per heavy atom. The fourth-order valence-corrected chi connectivity index (χ4v) is 2.13. The van der Waals surface area contributed by atoms with Gasteiger partial charge in [-0.2, -0.15) is 5.10 Å². The van der Waals surface area contributed by atoms with Crippen LogP contribution in [0.5, 0.6) is 0 Å². The molecule has 1 heterocycles. The molecule has 0 amide bonds. The third-order valence-electron chi connectivity index (χ3n) is 3.25. The Morgan fingerprint density at radius 1 is 0.955 bits per heavy atom. The van der Waals surface area contributed by atoms with Gasteiger partial charge in [-0.3, -0.25) is 0 Å².